The van der Waals surface area contributed by atoms with Crippen molar-refractivity contribution >= 4 is 21.8 Å². The normalized spacial score (nSPS) is 22.2. The number of methoxy groups -OCH3 is 1. The van der Waals surface area contributed by atoms with E-state index in [1.807, 2.05) is 18.2 Å². The van der Waals surface area contributed by atoms with E-state index >= 15 is 0 Å². The number of rotatable bonds is 5. The maximum atomic E-state index is 12.1. The number of carbonyl (C=O) groups is 1. The monoisotopic (exact) mass is 325 g/mol. The first-order valence-electron chi connectivity index (χ1n) is 6.73. The fourth-order valence-corrected chi connectivity index (χ4v) is 3.53. The van der Waals surface area contributed by atoms with Gasteiger partial charge in [-0.15, -0.1) is 0 Å². The van der Waals surface area contributed by atoms with E-state index in [1.54, 1.807) is 13.2 Å². The highest BCUT2D eigenvalue weighted by Gasteiger charge is 2.26. The van der Waals surface area contributed by atoms with Gasteiger partial charge in [0.15, 0.2) is 0 Å². The van der Waals surface area contributed by atoms with E-state index in [2.05, 4.69) is 21.2 Å². The molecule has 19 heavy (non-hydrogen) atoms. The number of ether oxygens (including phenoxy) is 1. The number of benzene rings is 1. The molecule has 0 saturated heterocycles. The van der Waals surface area contributed by atoms with Gasteiger partial charge >= 0.3 is 0 Å². The first-order valence-corrected chi connectivity index (χ1v) is 7.85. The molecule has 0 aromatic heterocycles. The zero-order valence-electron chi connectivity index (χ0n) is 11.2. The Morgan fingerprint density at radius 3 is 2.95 bits per heavy atom. The number of hydrogen-bond acceptors (Lipinski definition) is 2. The predicted molar refractivity (Wildman–Crippen MR) is 80.0 cm³/mol. The molecule has 104 valence electrons. The van der Waals surface area contributed by atoms with Crippen molar-refractivity contribution in [3.8, 4) is 5.75 Å². The molecule has 1 saturated carbocycles. The lowest BCUT2D eigenvalue weighted by Crippen LogP contribution is -2.31. The van der Waals surface area contributed by atoms with Crippen LogP contribution in [0.15, 0.2) is 24.3 Å². The van der Waals surface area contributed by atoms with E-state index < -0.39 is 0 Å². The molecule has 0 heterocycles. The molecule has 4 heteroatoms. The van der Waals surface area contributed by atoms with E-state index in [0.717, 1.165) is 11.9 Å². The average molecular weight is 326 g/mol. The fourth-order valence-electron chi connectivity index (χ4n) is 2.68. The Balaban J connectivity index is 1.90. The Morgan fingerprint density at radius 1 is 1.42 bits per heavy atom. The van der Waals surface area contributed by atoms with Gasteiger partial charge in [-0.2, -0.15) is 0 Å². The summed E-state index contributed by atoms with van der Waals surface area (Å²) < 4.78 is 5.13. The molecule has 1 amide bonds. The molecule has 1 aromatic rings. The molecule has 0 radical (unpaired) electrons. The minimum absolute atomic E-state index is 0.0147. The van der Waals surface area contributed by atoms with Crippen molar-refractivity contribution < 1.29 is 9.53 Å². The Hall–Kier alpha value is -1.03. The number of amides is 1. The largest absolute Gasteiger partial charge is 0.497 e. The Bertz CT molecular complexity index is 436. The summed E-state index contributed by atoms with van der Waals surface area (Å²) in [6, 6.07) is 7.26. The molecule has 1 aliphatic rings. The van der Waals surface area contributed by atoms with Crippen LogP contribution in [0.4, 0.5) is 0 Å². The SMILES string of the molecule is COc1cccc(C(=O)NCC2CCCC2CBr)c1. The van der Waals surface area contributed by atoms with Crippen LogP contribution in [-0.2, 0) is 0 Å². The maximum Gasteiger partial charge on any atom is 0.251 e. The Labute approximate surface area is 122 Å². The van der Waals surface area contributed by atoms with Gasteiger partial charge in [-0.25, -0.2) is 0 Å². The molecule has 2 rings (SSSR count). The van der Waals surface area contributed by atoms with E-state index in [1.165, 1.54) is 19.3 Å². The van der Waals surface area contributed by atoms with Crippen LogP contribution in [0.3, 0.4) is 0 Å². The van der Waals surface area contributed by atoms with E-state index in [0.29, 0.717) is 23.1 Å². The van der Waals surface area contributed by atoms with Crippen LogP contribution in [0.25, 0.3) is 0 Å². The molecule has 0 spiro atoms. The van der Waals surface area contributed by atoms with Crippen LogP contribution < -0.4 is 10.1 Å². The number of carbonyl (C=O) groups excluding carboxylic acids is 1. The lowest BCUT2D eigenvalue weighted by atomic mass is 9.98. The third-order valence-electron chi connectivity index (χ3n) is 3.87. The van der Waals surface area contributed by atoms with Crippen molar-refractivity contribution in [3.05, 3.63) is 29.8 Å². The zero-order chi connectivity index (χ0) is 13.7. The van der Waals surface area contributed by atoms with Gasteiger partial charge in [-0.1, -0.05) is 28.4 Å². The van der Waals surface area contributed by atoms with Crippen molar-refractivity contribution in [1.29, 1.82) is 0 Å². The molecule has 3 nitrogen and oxygen atoms in total. The molecular formula is C15H20BrNO2. The van der Waals surface area contributed by atoms with Crippen LogP contribution >= 0.6 is 15.9 Å². The molecule has 1 fully saturated rings. The van der Waals surface area contributed by atoms with Gasteiger partial charge in [-0.05, 0) is 42.9 Å². The molecule has 1 N–H and O–H groups in total. The lowest BCUT2D eigenvalue weighted by Gasteiger charge is -2.17. The summed E-state index contributed by atoms with van der Waals surface area (Å²) in [6.07, 6.45) is 3.76. The topological polar surface area (TPSA) is 38.3 Å². The van der Waals surface area contributed by atoms with E-state index in [-0.39, 0.29) is 5.91 Å². The number of alkyl halides is 1. The second-order valence-electron chi connectivity index (χ2n) is 5.05. The fraction of sp³-hybridized carbons (Fsp3) is 0.533. The molecule has 0 bridgehead atoms. The van der Waals surface area contributed by atoms with Gasteiger partial charge < -0.3 is 10.1 Å². The van der Waals surface area contributed by atoms with Gasteiger partial charge in [-0.3, -0.25) is 4.79 Å². The highest BCUT2D eigenvalue weighted by atomic mass is 79.9. The first kappa shape index (κ1) is 14.4. The van der Waals surface area contributed by atoms with Crippen LogP contribution in [0.1, 0.15) is 29.6 Å². The van der Waals surface area contributed by atoms with Crippen LogP contribution in [0, 0.1) is 11.8 Å². The molecule has 1 aromatic carbocycles. The second kappa shape index (κ2) is 6.94. The smallest absolute Gasteiger partial charge is 0.251 e. The van der Waals surface area contributed by atoms with Crippen molar-refractivity contribution in [3.63, 3.8) is 0 Å². The van der Waals surface area contributed by atoms with Crippen LogP contribution in [0.2, 0.25) is 0 Å². The Kier molecular flexibility index (Phi) is 5.25. The summed E-state index contributed by atoms with van der Waals surface area (Å²) in [5.74, 6) is 2.01. The summed E-state index contributed by atoms with van der Waals surface area (Å²) >= 11 is 3.56. The van der Waals surface area contributed by atoms with Gasteiger partial charge in [0, 0.05) is 17.4 Å². The number of nitrogens with one attached hydrogen (secondary N) is 1. The van der Waals surface area contributed by atoms with E-state index in [4.69, 9.17) is 4.74 Å². The van der Waals surface area contributed by atoms with Crippen molar-refractivity contribution in [2.45, 2.75) is 19.3 Å². The highest BCUT2D eigenvalue weighted by Crippen LogP contribution is 2.32. The summed E-state index contributed by atoms with van der Waals surface area (Å²) in [6.45, 7) is 0.770. The Morgan fingerprint density at radius 2 is 2.21 bits per heavy atom. The van der Waals surface area contributed by atoms with Gasteiger partial charge in [0.2, 0.25) is 0 Å². The molecule has 2 atom stereocenters. The third kappa shape index (κ3) is 3.72. The zero-order valence-corrected chi connectivity index (χ0v) is 12.8. The second-order valence-corrected chi connectivity index (χ2v) is 5.69. The summed E-state index contributed by atoms with van der Waals surface area (Å²) in [5.41, 5.74) is 0.660. The van der Waals surface area contributed by atoms with Crippen molar-refractivity contribution in [2.75, 3.05) is 19.0 Å². The molecule has 0 aliphatic heterocycles. The predicted octanol–water partition coefficient (Wildman–Crippen LogP) is 3.24. The maximum absolute atomic E-state index is 12.1. The number of hydrogen-bond donors (Lipinski definition) is 1. The van der Waals surface area contributed by atoms with Gasteiger partial charge in [0.05, 0.1) is 7.11 Å². The lowest BCUT2D eigenvalue weighted by molar-refractivity contribution is 0.0944. The minimum atomic E-state index is -0.0147. The summed E-state index contributed by atoms with van der Waals surface area (Å²) in [7, 11) is 1.61. The molecule has 2 unspecified atom stereocenters. The van der Waals surface area contributed by atoms with Crippen molar-refractivity contribution in [1.82, 2.24) is 5.32 Å². The van der Waals surface area contributed by atoms with Crippen molar-refractivity contribution in [2.24, 2.45) is 11.8 Å². The standard InChI is InChI=1S/C15H20BrNO2/c1-19-14-7-3-4-11(8-14)15(18)17-10-13-6-2-5-12(13)9-16/h3-4,7-8,12-13H,2,5-6,9-10H2,1H3,(H,17,18). The van der Waals surface area contributed by atoms with Gasteiger partial charge in [0.1, 0.15) is 5.75 Å². The summed E-state index contributed by atoms with van der Waals surface area (Å²) in [4.78, 5) is 12.1. The minimum Gasteiger partial charge on any atom is -0.497 e. The van der Waals surface area contributed by atoms with E-state index in [9.17, 15) is 4.79 Å². The third-order valence-corrected chi connectivity index (χ3v) is 4.70. The number of halogens is 1. The molecular weight excluding hydrogens is 306 g/mol. The average Bonchev–Trinajstić information content (AvgIpc) is 2.92. The summed E-state index contributed by atoms with van der Waals surface area (Å²) in [5, 5.41) is 4.08. The quantitative estimate of drug-likeness (QED) is 0.844. The molecule has 1 aliphatic carbocycles. The van der Waals surface area contributed by atoms with Crippen LogP contribution in [-0.4, -0.2) is 24.9 Å². The first-order chi connectivity index (χ1) is 9.24. The van der Waals surface area contributed by atoms with Crippen LogP contribution in [0.5, 0.6) is 5.75 Å². The van der Waals surface area contributed by atoms with Gasteiger partial charge in [0.25, 0.3) is 5.91 Å². The highest BCUT2D eigenvalue weighted by molar-refractivity contribution is 9.09.